The summed E-state index contributed by atoms with van der Waals surface area (Å²) in [6.45, 7) is 1.99. The molecule has 4 nitrogen and oxygen atoms in total. The number of hydrogen-bond donors (Lipinski definition) is 1. The molecule has 0 fully saturated rings. The maximum atomic E-state index is 6.12. The highest BCUT2D eigenvalue weighted by atomic mass is 79.9. The minimum Gasteiger partial charge on any atom is -0.332 e. The average molecular weight is 422 g/mol. The molecule has 7 heteroatoms. The molecule has 0 amide bonds. The number of hydrogen-bond acceptors (Lipinski definition) is 4. The second-order valence-corrected chi connectivity index (χ2v) is 6.44. The number of pyridine rings is 1. The normalized spacial score (nSPS) is 10.6. The Morgan fingerprint density at radius 1 is 1.08 bits per heavy atom. The number of imidazole rings is 1. The van der Waals surface area contributed by atoms with Crippen molar-refractivity contribution in [3.05, 3.63) is 64.8 Å². The highest BCUT2D eigenvalue weighted by molar-refractivity contribution is 8.93. The minimum absolute atomic E-state index is 0. The molecular weight excluding hydrogens is 408 g/mol. The Labute approximate surface area is 158 Å². The van der Waals surface area contributed by atoms with E-state index in [1.165, 1.54) is 0 Å². The molecule has 0 radical (unpaired) electrons. The molecule has 4 aromatic rings. The van der Waals surface area contributed by atoms with Gasteiger partial charge in [-0.2, -0.15) is 0 Å². The van der Waals surface area contributed by atoms with Crippen molar-refractivity contribution in [2.75, 3.05) is 5.32 Å². The molecule has 0 spiro atoms. The van der Waals surface area contributed by atoms with Crippen LogP contribution in [0.5, 0.6) is 0 Å². The second-order valence-electron chi connectivity index (χ2n) is 5.15. The van der Waals surface area contributed by atoms with Gasteiger partial charge in [0.2, 0.25) is 0 Å². The van der Waals surface area contributed by atoms with E-state index in [1.807, 2.05) is 65.4 Å². The van der Waals surface area contributed by atoms with Crippen LogP contribution < -0.4 is 5.32 Å². The SMILES string of the molecule is Br.Cc1nc2ccc(Cl)cn2c1-c1csc(Nc2ccccc2)n1. The van der Waals surface area contributed by atoms with E-state index in [2.05, 4.69) is 10.3 Å². The van der Waals surface area contributed by atoms with Crippen molar-refractivity contribution in [3.63, 3.8) is 0 Å². The number of nitrogens with one attached hydrogen (secondary N) is 1. The van der Waals surface area contributed by atoms with Crippen LogP contribution in [0.3, 0.4) is 0 Å². The number of anilines is 2. The second kappa shape index (κ2) is 6.93. The monoisotopic (exact) mass is 420 g/mol. The van der Waals surface area contributed by atoms with E-state index >= 15 is 0 Å². The quantitative estimate of drug-likeness (QED) is 0.458. The van der Waals surface area contributed by atoms with E-state index in [1.54, 1.807) is 11.3 Å². The van der Waals surface area contributed by atoms with Crippen LogP contribution in [0.1, 0.15) is 5.69 Å². The zero-order chi connectivity index (χ0) is 15.8. The van der Waals surface area contributed by atoms with Crippen LogP contribution in [-0.4, -0.2) is 14.4 Å². The van der Waals surface area contributed by atoms with Crippen LogP contribution in [0.25, 0.3) is 17.0 Å². The number of fused-ring (bicyclic) bond motifs is 1. The summed E-state index contributed by atoms with van der Waals surface area (Å²) in [7, 11) is 0. The fraction of sp³-hybridized carbons (Fsp3) is 0.0588. The van der Waals surface area contributed by atoms with Gasteiger partial charge >= 0.3 is 0 Å². The molecule has 24 heavy (non-hydrogen) atoms. The highest BCUT2D eigenvalue weighted by Crippen LogP contribution is 2.30. The van der Waals surface area contributed by atoms with E-state index in [9.17, 15) is 0 Å². The first-order valence-corrected chi connectivity index (χ1v) is 8.38. The van der Waals surface area contributed by atoms with E-state index in [0.29, 0.717) is 5.02 Å². The zero-order valence-electron chi connectivity index (χ0n) is 12.7. The lowest BCUT2D eigenvalue weighted by Crippen LogP contribution is -1.92. The summed E-state index contributed by atoms with van der Waals surface area (Å²) in [4.78, 5) is 9.26. The Balaban J connectivity index is 0.00000169. The fourth-order valence-corrected chi connectivity index (χ4v) is 3.41. The number of aromatic nitrogens is 3. The molecule has 122 valence electrons. The number of aryl methyl sites for hydroxylation is 1. The molecule has 0 unspecified atom stereocenters. The van der Waals surface area contributed by atoms with Crippen molar-refractivity contribution < 1.29 is 0 Å². The van der Waals surface area contributed by atoms with Crippen molar-refractivity contribution in [3.8, 4) is 11.4 Å². The van der Waals surface area contributed by atoms with Crippen LogP contribution in [0.4, 0.5) is 10.8 Å². The van der Waals surface area contributed by atoms with Crippen LogP contribution in [-0.2, 0) is 0 Å². The number of halogens is 2. The third-order valence-electron chi connectivity index (χ3n) is 3.53. The van der Waals surface area contributed by atoms with Gasteiger partial charge in [0.15, 0.2) is 5.13 Å². The number of para-hydroxylation sites is 1. The number of benzene rings is 1. The number of rotatable bonds is 3. The van der Waals surface area contributed by atoms with Gasteiger partial charge in [-0.15, -0.1) is 28.3 Å². The molecular formula is C17H14BrClN4S. The molecule has 0 aliphatic rings. The Morgan fingerprint density at radius 3 is 2.67 bits per heavy atom. The topological polar surface area (TPSA) is 42.2 Å². The standard InChI is InChI=1S/C17H13ClN4S.BrH/c1-11-16(22-9-12(18)7-8-15(22)19-11)14-10-23-17(21-14)20-13-5-3-2-4-6-13;/h2-10H,1H3,(H,20,21);1H. The van der Waals surface area contributed by atoms with Gasteiger partial charge in [-0.3, -0.25) is 4.40 Å². The summed E-state index contributed by atoms with van der Waals surface area (Å²) in [5.74, 6) is 0. The van der Waals surface area contributed by atoms with E-state index in [-0.39, 0.29) is 17.0 Å². The molecule has 0 atom stereocenters. The van der Waals surface area contributed by atoms with E-state index in [4.69, 9.17) is 16.6 Å². The van der Waals surface area contributed by atoms with Gasteiger partial charge < -0.3 is 5.32 Å². The van der Waals surface area contributed by atoms with Crippen LogP contribution in [0, 0.1) is 6.92 Å². The molecule has 1 aromatic carbocycles. The Morgan fingerprint density at radius 2 is 1.88 bits per heavy atom. The van der Waals surface area contributed by atoms with E-state index < -0.39 is 0 Å². The maximum Gasteiger partial charge on any atom is 0.187 e. The average Bonchev–Trinajstić information content (AvgIpc) is 3.11. The summed E-state index contributed by atoms with van der Waals surface area (Å²) < 4.78 is 1.99. The van der Waals surface area contributed by atoms with Crippen molar-refractivity contribution in [1.82, 2.24) is 14.4 Å². The first kappa shape index (κ1) is 17.0. The van der Waals surface area contributed by atoms with E-state index in [0.717, 1.165) is 33.5 Å². The lowest BCUT2D eigenvalue weighted by atomic mass is 10.3. The number of nitrogens with zero attached hydrogens (tertiary/aromatic N) is 3. The predicted molar refractivity (Wildman–Crippen MR) is 106 cm³/mol. The lowest BCUT2D eigenvalue weighted by molar-refractivity contribution is 1.17. The Kier molecular flexibility index (Phi) is 4.89. The van der Waals surface area contributed by atoms with Gasteiger partial charge in [-0.1, -0.05) is 29.8 Å². The molecule has 3 aromatic heterocycles. The van der Waals surface area contributed by atoms with Gasteiger partial charge in [0.05, 0.1) is 16.4 Å². The molecule has 3 heterocycles. The lowest BCUT2D eigenvalue weighted by Gasteiger charge is -2.02. The predicted octanol–water partition coefficient (Wildman–Crippen LogP) is 5.74. The van der Waals surface area contributed by atoms with Gasteiger partial charge in [0, 0.05) is 17.3 Å². The van der Waals surface area contributed by atoms with Gasteiger partial charge in [-0.05, 0) is 31.2 Å². The van der Waals surface area contributed by atoms with Crippen LogP contribution in [0.15, 0.2) is 54.0 Å². The van der Waals surface area contributed by atoms with Crippen molar-refractivity contribution in [2.24, 2.45) is 0 Å². The van der Waals surface area contributed by atoms with Gasteiger partial charge in [0.1, 0.15) is 11.3 Å². The zero-order valence-corrected chi connectivity index (χ0v) is 16.0. The molecule has 0 aliphatic carbocycles. The molecule has 0 bridgehead atoms. The summed E-state index contributed by atoms with van der Waals surface area (Å²) in [5, 5.41) is 6.87. The van der Waals surface area contributed by atoms with Crippen molar-refractivity contribution in [1.29, 1.82) is 0 Å². The van der Waals surface area contributed by atoms with Crippen molar-refractivity contribution >= 4 is 56.4 Å². The van der Waals surface area contributed by atoms with Crippen molar-refractivity contribution in [2.45, 2.75) is 6.92 Å². The highest BCUT2D eigenvalue weighted by Gasteiger charge is 2.14. The largest absolute Gasteiger partial charge is 0.332 e. The fourth-order valence-electron chi connectivity index (χ4n) is 2.53. The molecule has 0 saturated carbocycles. The molecule has 0 saturated heterocycles. The smallest absolute Gasteiger partial charge is 0.187 e. The van der Waals surface area contributed by atoms with Gasteiger partial charge in [-0.25, -0.2) is 9.97 Å². The third kappa shape index (κ3) is 3.17. The van der Waals surface area contributed by atoms with Crippen LogP contribution in [0.2, 0.25) is 5.02 Å². The van der Waals surface area contributed by atoms with Gasteiger partial charge in [0.25, 0.3) is 0 Å². The first-order chi connectivity index (χ1) is 11.2. The minimum atomic E-state index is 0. The summed E-state index contributed by atoms with van der Waals surface area (Å²) in [5.41, 5.74) is 4.68. The molecule has 0 aliphatic heterocycles. The summed E-state index contributed by atoms with van der Waals surface area (Å²) in [6, 6.07) is 13.8. The summed E-state index contributed by atoms with van der Waals surface area (Å²) >= 11 is 7.69. The Hall–Kier alpha value is -1.89. The Bertz CT molecular complexity index is 981. The first-order valence-electron chi connectivity index (χ1n) is 7.13. The molecule has 1 N–H and O–H groups in total. The van der Waals surface area contributed by atoms with Crippen LogP contribution >= 0.6 is 39.9 Å². The molecule has 4 rings (SSSR count). The maximum absolute atomic E-state index is 6.12. The number of thiazole rings is 1. The third-order valence-corrected chi connectivity index (χ3v) is 4.51. The summed E-state index contributed by atoms with van der Waals surface area (Å²) in [6.07, 6.45) is 1.87.